The van der Waals surface area contributed by atoms with Crippen molar-refractivity contribution in [2.45, 2.75) is 20.3 Å². The number of carboxylic acids is 1. The van der Waals surface area contributed by atoms with Crippen molar-refractivity contribution in [1.29, 1.82) is 0 Å². The van der Waals surface area contributed by atoms with Crippen LogP contribution in [0.1, 0.15) is 17.0 Å². The molecule has 0 atom stereocenters. The van der Waals surface area contributed by atoms with Crippen molar-refractivity contribution in [2.75, 3.05) is 0 Å². The molecule has 0 saturated carbocycles. The van der Waals surface area contributed by atoms with Crippen molar-refractivity contribution in [2.24, 2.45) is 0 Å². The van der Waals surface area contributed by atoms with Gasteiger partial charge in [-0.25, -0.2) is 14.1 Å². The van der Waals surface area contributed by atoms with E-state index in [-0.39, 0.29) is 12.2 Å². The Hall–Kier alpha value is -1.76. The summed E-state index contributed by atoms with van der Waals surface area (Å²) in [5.74, 6) is -1.42. The van der Waals surface area contributed by atoms with Crippen LogP contribution in [-0.4, -0.2) is 25.8 Å². The van der Waals surface area contributed by atoms with Crippen molar-refractivity contribution in [3.05, 3.63) is 39.5 Å². The van der Waals surface area contributed by atoms with E-state index in [4.69, 9.17) is 5.11 Å². The zero-order valence-corrected chi connectivity index (χ0v) is 11.9. The van der Waals surface area contributed by atoms with Crippen LogP contribution >= 0.6 is 15.9 Å². The van der Waals surface area contributed by atoms with Crippen LogP contribution in [0.15, 0.2) is 16.7 Å². The molecule has 0 aliphatic heterocycles. The van der Waals surface area contributed by atoms with Crippen molar-refractivity contribution in [3.8, 4) is 5.82 Å². The van der Waals surface area contributed by atoms with E-state index in [0.29, 0.717) is 21.4 Å². The topological polar surface area (TPSA) is 68.0 Å². The molecule has 0 bridgehead atoms. The maximum atomic E-state index is 13.8. The Balaban J connectivity index is 2.54. The minimum Gasteiger partial charge on any atom is -0.481 e. The number of nitrogens with zero attached hydrogens (tertiary/aromatic N) is 3. The smallest absolute Gasteiger partial charge is 0.307 e. The summed E-state index contributed by atoms with van der Waals surface area (Å²) in [5, 5.41) is 13.0. The minimum absolute atomic E-state index is 0.0560. The number of aryl methyl sites for hydroxylation is 1. The summed E-state index contributed by atoms with van der Waals surface area (Å²) in [7, 11) is 0. The minimum atomic E-state index is -0.949. The van der Waals surface area contributed by atoms with E-state index in [1.165, 1.54) is 16.9 Å². The third-order valence-electron chi connectivity index (χ3n) is 2.76. The molecular formula is C12H11BrFN3O2. The maximum absolute atomic E-state index is 13.8. The molecule has 1 N–H and O–H groups in total. The number of carbonyl (C=O) groups is 1. The van der Waals surface area contributed by atoms with Gasteiger partial charge in [0.1, 0.15) is 0 Å². The summed E-state index contributed by atoms with van der Waals surface area (Å²) in [5.41, 5.74) is 1.72. The number of rotatable bonds is 3. The third-order valence-corrected chi connectivity index (χ3v) is 3.19. The molecule has 0 aromatic carbocycles. The predicted octanol–water partition coefficient (Wildman–Crippen LogP) is 2.41. The van der Waals surface area contributed by atoms with Crippen LogP contribution in [0.25, 0.3) is 5.82 Å². The lowest BCUT2D eigenvalue weighted by molar-refractivity contribution is -0.136. The number of halogens is 2. The van der Waals surface area contributed by atoms with Gasteiger partial charge in [0, 0.05) is 21.9 Å². The average Bonchev–Trinajstić information content (AvgIpc) is 2.57. The fourth-order valence-electron chi connectivity index (χ4n) is 1.85. The lowest BCUT2D eigenvalue weighted by Crippen LogP contribution is -2.06. The van der Waals surface area contributed by atoms with Gasteiger partial charge in [0.15, 0.2) is 11.6 Å². The van der Waals surface area contributed by atoms with Crippen molar-refractivity contribution >= 4 is 21.9 Å². The number of hydrogen-bond donors (Lipinski definition) is 1. The van der Waals surface area contributed by atoms with Crippen LogP contribution in [0.4, 0.5) is 4.39 Å². The fraction of sp³-hybridized carbons (Fsp3) is 0.250. The Bertz CT molecular complexity index is 655. The molecule has 0 aliphatic carbocycles. The second kappa shape index (κ2) is 5.08. The van der Waals surface area contributed by atoms with E-state index in [9.17, 15) is 9.18 Å². The van der Waals surface area contributed by atoms with E-state index in [0.717, 1.165) is 0 Å². The Morgan fingerprint density at radius 3 is 2.79 bits per heavy atom. The highest BCUT2D eigenvalue weighted by Gasteiger charge is 2.18. The third kappa shape index (κ3) is 2.65. The molecular weight excluding hydrogens is 317 g/mol. The van der Waals surface area contributed by atoms with Crippen LogP contribution in [0.3, 0.4) is 0 Å². The molecule has 0 saturated heterocycles. The van der Waals surface area contributed by atoms with E-state index in [1.807, 2.05) is 0 Å². The van der Waals surface area contributed by atoms with E-state index < -0.39 is 11.8 Å². The van der Waals surface area contributed by atoms with Crippen molar-refractivity contribution in [3.63, 3.8) is 0 Å². The van der Waals surface area contributed by atoms with Gasteiger partial charge in [-0.05, 0) is 35.8 Å². The van der Waals surface area contributed by atoms with Gasteiger partial charge in [-0.15, -0.1) is 0 Å². The summed E-state index contributed by atoms with van der Waals surface area (Å²) in [6, 6.07) is 1.29. The quantitative estimate of drug-likeness (QED) is 0.940. The fourth-order valence-corrected chi connectivity index (χ4v) is 2.15. The summed E-state index contributed by atoms with van der Waals surface area (Å²) in [4.78, 5) is 14.8. The molecule has 0 amide bonds. The molecule has 2 aromatic rings. The van der Waals surface area contributed by atoms with Crippen LogP contribution in [0, 0.1) is 19.7 Å². The molecule has 5 nitrogen and oxygen atoms in total. The van der Waals surface area contributed by atoms with E-state index in [1.54, 1.807) is 13.8 Å². The Kier molecular flexibility index (Phi) is 3.66. The number of aliphatic carboxylic acids is 1. The van der Waals surface area contributed by atoms with E-state index in [2.05, 4.69) is 26.0 Å². The van der Waals surface area contributed by atoms with Crippen LogP contribution in [-0.2, 0) is 11.2 Å². The number of pyridine rings is 1. The van der Waals surface area contributed by atoms with Crippen molar-refractivity contribution < 1.29 is 14.3 Å². The van der Waals surface area contributed by atoms with Gasteiger partial charge < -0.3 is 5.11 Å². The van der Waals surface area contributed by atoms with Crippen LogP contribution in [0.2, 0.25) is 0 Å². The molecule has 0 fully saturated rings. The van der Waals surface area contributed by atoms with Gasteiger partial charge in [-0.1, -0.05) is 0 Å². The second-order valence-electron chi connectivity index (χ2n) is 4.09. The standard InChI is InChI=1S/C12H11BrFN3O2/c1-6-9(4-11(18)19)7(2)17(16-6)12-10(14)3-8(13)5-15-12/h3,5H,4H2,1-2H3,(H,18,19). The molecule has 100 valence electrons. The zero-order valence-electron chi connectivity index (χ0n) is 10.3. The Morgan fingerprint density at radius 1 is 1.53 bits per heavy atom. The first-order valence-corrected chi connectivity index (χ1v) is 6.27. The molecule has 0 spiro atoms. The summed E-state index contributed by atoms with van der Waals surface area (Å²) in [6.07, 6.45) is 1.32. The number of aromatic nitrogens is 3. The van der Waals surface area contributed by atoms with Gasteiger partial charge in [0.05, 0.1) is 12.1 Å². The first-order chi connectivity index (χ1) is 8.90. The first kappa shape index (κ1) is 13.7. The second-order valence-corrected chi connectivity index (χ2v) is 5.01. The first-order valence-electron chi connectivity index (χ1n) is 5.48. The van der Waals surface area contributed by atoms with Crippen LogP contribution < -0.4 is 0 Å². The molecule has 0 unspecified atom stereocenters. The Morgan fingerprint density at radius 2 is 2.21 bits per heavy atom. The average molecular weight is 328 g/mol. The molecule has 0 radical (unpaired) electrons. The SMILES string of the molecule is Cc1nn(-c2ncc(Br)cc2F)c(C)c1CC(=O)O. The lowest BCUT2D eigenvalue weighted by Gasteiger charge is -2.05. The molecule has 0 aliphatic rings. The highest BCUT2D eigenvalue weighted by Crippen LogP contribution is 2.21. The van der Waals surface area contributed by atoms with Gasteiger partial charge in [-0.3, -0.25) is 4.79 Å². The maximum Gasteiger partial charge on any atom is 0.307 e. The Labute approximate surface area is 117 Å². The van der Waals surface area contributed by atoms with Crippen molar-refractivity contribution in [1.82, 2.24) is 14.8 Å². The van der Waals surface area contributed by atoms with E-state index >= 15 is 0 Å². The summed E-state index contributed by atoms with van der Waals surface area (Å²) in [6.45, 7) is 3.39. The predicted molar refractivity (Wildman–Crippen MR) is 69.8 cm³/mol. The molecule has 2 heterocycles. The zero-order chi connectivity index (χ0) is 14.2. The van der Waals surface area contributed by atoms with Gasteiger partial charge in [0.2, 0.25) is 0 Å². The number of carboxylic acid groups (broad SMARTS) is 1. The largest absolute Gasteiger partial charge is 0.481 e. The molecule has 2 rings (SSSR count). The monoisotopic (exact) mass is 327 g/mol. The molecule has 19 heavy (non-hydrogen) atoms. The van der Waals surface area contributed by atoms with Gasteiger partial charge in [-0.2, -0.15) is 5.10 Å². The van der Waals surface area contributed by atoms with Gasteiger partial charge in [0.25, 0.3) is 0 Å². The van der Waals surface area contributed by atoms with Gasteiger partial charge >= 0.3 is 5.97 Å². The van der Waals surface area contributed by atoms with Crippen LogP contribution in [0.5, 0.6) is 0 Å². The lowest BCUT2D eigenvalue weighted by atomic mass is 10.1. The normalized spacial score (nSPS) is 10.7. The highest BCUT2D eigenvalue weighted by molar-refractivity contribution is 9.10. The highest BCUT2D eigenvalue weighted by atomic mass is 79.9. The molecule has 7 heteroatoms. The summed E-state index contributed by atoms with van der Waals surface area (Å²) >= 11 is 3.13. The number of hydrogen-bond acceptors (Lipinski definition) is 3. The summed E-state index contributed by atoms with van der Waals surface area (Å²) < 4.78 is 15.7. The molecule has 2 aromatic heterocycles.